The van der Waals surface area contributed by atoms with Crippen molar-refractivity contribution in [2.45, 2.75) is 19.4 Å². The largest absolute Gasteiger partial charge is 0.367 e. The lowest BCUT2D eigenvalue weighted by atomic mass is 10.2. The van der Waals surface area contributed by atoms with Crippen LogP contribution in [0.15, 0.2) is 40.3 Å². The van der Waals surface area contributed by atoms with Crippen molar-refractivity contribution < 1.29 is 0 Å². The predicted molar refractivity (Wildman–Crippen MR) is 73.0 cm³/mol. The minimum atomic E-state index is 0.389. The molecule has 1 N–H and O–H groups in total. The molecule has 0 bridgehead atoms. The van der Waals surface area contributed by atoms with Gasteiger partial charge >= 0.3 is 0 Å². The summed E-state index contributed by atoms with van der Waals surface area (Å²) in [6, 6.07) is 10.5. The summed E-state index contributed by atoms with van der Waals surface area (Å²) in [4.78, 5) is 5.75. The molecule has 0 aliphatic heterocycles. The summed E-state index contributed by atoms with van der Waals surface area (Å²) in [6.07, 6.45) is 1.03. The monoisotopic (exact) mass is 296 g/mol. The van der Waals surface area contributed by atoms with Gasteiger partial charge in [0.15, 0.2) is 0 Å². The third-order valence-electron chi connectivity index (χ3n) is 2.20. The van der Waals surface area contributed by atoms with Crippen LogP contribution in [-0.2, 0) is 6.42 Å². The lowest BCUT2D eigenvalue weighted by molar-refractivity contribution is 0.794. The highest BCUT2D eigenvalue weighted by atomic mass is 79.9. The number of nitrogens with one attached hydrogen (secondary N) is 1. The molecular formula is C12H13BrN2S. The maximum absolute atomic E-state index is 4.35. The van der Waals surface area contributed by atoms with Gasteiger partial charge in [0, 0.05) is 17.3 Å². The summed E-state index contributed by atoms with van der Waals surface area (Å²) in [7, 11) is 0. The third-order valence-corrected chi connectivity index (χ3v) is 3.54. The van der Waals surface area contributed by atoms with Crippen LogP contribution in [-0.4, -0.2) is 11.0 Å². The molecule has 0 saturated carbocycles. The van der Waals surface area contributed by atoms with E-state index in [2.05, 4.69) is 50.7 Å². The normalized spacial score (nSPS) is 12.4. The number of aromatic nitrogens is 1. The smallest absolute Gasteiger partial charge is 0.127 e. The summed E-state index contributed by atoms with van der Waals surface area (Å²) in [5.74, 6) is 0.915. The Labute approximate surface area is 108 Å². The Hall–Kier alpha value is -0.870. The van der Waals surface area contributed by atoms with Crippen LogP contribution in [0.2, 0.25) is 0 Å². The van der Waals surface area contributed by atoms with Crippen LogP contribution < -0.4 is 5.32 Å². The van der Waals surface area contributed by atoms with E-state index in [0.29, 0.717) is 6.04 Å². The number of hydrogen-bond acceptors (Lipinski definition) is 3. The van der Waals surface area contributed by atoms with E-state index in [0.717, 1.165) is 16.8 Å². The van der Waals surface area contributed by atoms with E-state index in [-0.39, 0.29) is 0 Å². The maximum Gasteiger partial charge on any atom is 0.127 e. The highest BCUT2D eigenvalue weighted by Crippen LogP contribution is 2.15. The molecule has 2 aromatic rings. The van der Waals surface area contributed by atoms with Crippen molar-refractivity contribution in [3.05, 3.63) is 45.2 Å². The van der Waals surface area contributed by atoms with Crippen LogP contribution in [0.5, 0.6) is 0 Å². The van der Waals surface area contributed by atoms with Gasteiger partial charge in [-0.1, -0.05) is 12.1 Å². The second-order valence-corrected chi connectivity index (χ2v) is 5.52. The van der Waals surface area contributed by atoms with Gasteiger partial charge in [-0.05, 0) is 46.4 Å². The quantitative estimate of drug-likeness (QED) is 0.864. The molecule has 2 aromatic heterocycles. The first-order valence-electron chi connectivity index (χ1n) is 5.15. The highest BCUT2D eigenvalue weighted by molar-refractivity contribution is 9.10. The van der Waals surface area contributed by atoms with E-state index in [9.17, 15) is 0 Å². The lowest BCUT2D eigenvalue weighted by Crippen LogP contribution is -2.18. The Balaban J connectivity index is 1.94. The Morgan fingerprint density at radius 3 is 2.94 bits per heavy atom. The van der Waals surface area contributed by atoms with Crippen molar-refractivity contribution in [3.63, 3.8) is 0 Å². The molecule has 0 aliphatic rings. The molecule has 1 unspecified atom stereocenters. The van der Waals surface area contributed by atoms with E-state index in [1.165, 1.54) is 4.88 Å². The van der Waals surface area contributed by atoms with Crippen molar-refractivity contribution in [2.75, 3.05) is 5.32 Å². The average molecular weight is 297 g/mol. The molecule has 0 spiro atoms. The average Bonchev–Trinajstić information content (AvgIpc) is 2.70. The molecule has 1 atom stereocenters. The molecule has 2 nitrogen and oxygen atoms in total. The van der Waals surface area contributed by atoms with Crippen LogP contribution in [0.3, 0.4) is 0 Å². The van der Waals surface area contributed by atoms with Gasteiger partial charge in [-0.3, -0.25) is 0 Å². The molecule has 4 heteroatoms. The fourth-order valence-electron chi connectivity index (χ4n) is 1.52. The zero-order chi connectivity index (χ0) is 11.4. The molecule has 16 heavy (non-hydrogen) atoms. The summed E-state index contributed by atoms with van der Waals surface area (Å²) in [5.41, 5.74) is 0. The number of hydrogen-bond donors (Lipinski definition) is 1. The van der Waals surface area contributed by atoms with Crippen molar-refractivity contribution >= 4 is 33.1 Å². The highest BCUT2D eigenvalue weighted by Gasteiger charge is 2.05. The zero-order valence-corrected chi connectivity index (χ0v) is 11.4. The minimum absolute atomic E-state index is 0.389. The first-order chi connectivity index (χ1) is 7.74. The molecule has 0 aliphatic carbocycles. The van der Waals surface area contributed by atoms with Gasteiger partial charge in [0.2, 0.25) is 0 Å². The summed E-state index contributed by atoms with van der Waals surface area (Å²) >= 11 is 5.16. The topological polar surface area (TPSA) is 24.9 Å². The van der Waals surface area contributed by atoms with Crippen LogP contribution in [0.4, 0.5) is 5.82 Å². The number of nitrogens with zero attached hydrogens (tertiary/aromatic N) is 1. The van der Waals surface area contributed by atoms with E-state index in [4.69, 9.17) is 0 Å². The van der Waals surface area contributed by atoms with Crippen LogP contribution in [0, 0.1) is 0 Å². The SMILES string of the molecule is CC(Cc1cccs1)Nc1cccc(Br)n1. The fourth-order valence-corrected chi connectivity index (χ4v) is 2.70. The number of anilines is 1. The molecule has 0 fully saturated rings. The molecule has 0 radical (unpaired) electrons. The molecule has 0 amide bonds. The van der Waals surface area contributed by atoms with Crippen molar-refractivity contribution in [2.24, 2.45) is 0 Å². The van der Waals surface area contributed by atoms with Gasteiger partial charge in [0.25, 0.3) is 0 Å². The van der Waals surface area contributed by atoms with Gasteiger partial charge in [0.1, 0.15) is 10.4 Å². The van der Waals surface area contributed by atoms with Crippen molar-refractivity contribution in [3.8, 4) is 0 Å². The lowest BCUT2D eigenvalue weighted by Gasteiger charge is -2.13. The standard InChI is InChI=1S/C12H13BrN2S/c1-9(8-10-4-3-7-16-10)14-12-6-2-5-11(13)15-12/h2-7,9H,8H2,1H3,(H,14,15). The third kappa shape index (κ3) is 3.32. The first-order valence-corrected chi connectivity index (χ1v) is 6.83. The molecule has 0 aromatic carbocycles. The van der Waals surface area contributed by atoms with Gasteiger partial charge in [-0.25, -0.2) is 4.98 Å². The van der Waals surface area contributed by atoms with Crippen molar-refractivity contribution in [1.29, 1.82) is 0 Å². The molecule has 2 heterocycles. The van der Waals surface area contributed by atoms with E-state index in [1.54, 1.807) is 11.3 Å². The number of thiophene rings is 1. The van der Waals surface area contributed by atoms with Crippen LogP contribution >= 0.6 is 27.3 Å². The van der Waals surface area contributed by atoms with E-state index < -0.39 is 0 Å². The summed E-state index contributed by atoms with van der Waals surface area (Å²) in [6.45, 7) is 2.17. The summed E-state index contributed by atoms with van der Waals surface area (Å²) in [5, 5.41) is 5.50. The van der Waals surface area contributed by atoms with Crippen molar-refractivity contribution in [1.82, 2.24) is 4.98 Å². The van der Waals surface area contributed by atoms with Crippen LogP contribution in [0.25, 0.3) is 0 Å². The van der Waals surface area contributed by atoms with Gasteiger partial charge in [0.05, 0.1) is 0 Å². The molecular weight excluding hydrogens is 284 g/mol. The minimum Gasteiger partial charge on any atom is -0.367 e. The van der Waals surface area contributed by atoms with Gasteiger partial charge in [-0.2, -0.15) is 0 Å². The van der Waals surface area contributed by atoms with E-state index >= 15 is 0 Å². The number of rotatable bonds is 4. The number of pyridine rings is 1. The fraction of sp³-hybridized carbons (Fsp3) is 0.250. The number of halogens is 1. The maximum atomic E-state index is 4.35. The van der Waals surface area contributed by atoms with Crippen LogP contribution in [0.1, 0.15) is 11.8 Å². The molecule has 84 valence electrons. The van der Waals surface area contributed by atoms with Gasteiger partial charge in [-0.15, -0.1) is 11.3 Å². The van der Waals surface area contributed by atoms with Gasteiger partial charge < -0.3 is 5.32 Å². The first kappa shape index (κ1) is 11.6. The molecule has 0 saturated heterocycles. The second-order valence-electron chi connectivity index (χ2n) is 3.67. The second kappa shape index (κ2) is 5.46. The van der Waals surface area contributed by atoms with E-state index in [1.807, 2.05) is 18.2 Å². The Morgan fingerprint density at radius 1 is 1.38 bits per heavy atom. The Morgan fingerprint density at radius 2 is 2.25 bits per heavy atom. The zero-order valence-electron chi connectivity index (χ0n) is 8.98. The molecule has 2 rings (SSSR count). The summed E-state index contributed by atoms with van der Waals surface area (Å²) < 4.78 is 0.862. The Bertz CT molecular complexity index is 442. The predicted octanol–water partition coefficient (Wildman–Crippen LogP) is 3.95. The Kier molecular flexibility index (Phi) is 3.96.